The number of nitrogens with zero attached hydrogens (tertiary/aromatic N) is 3. The molecule has 0 radical (unpaired) electrons. The highest BCUT2D eigenvalue weighted by molar-refractivity contribution is 7.80. The molecule has 7 nitrogen and oxygen atoms in total. The average Bonchev–Trinajstić information content (AvgIpc) is 3.49. The summed E-state index contributed by atoms with van der Waals surface area (Å²) in [5.41, 5.74) is 6.68. The van der Waals surface area contributed by atoms with Crippen molar-refractivity contribution in [3.63, 3.8) is 0 Å². The van der Waals surface area contributed by atoms with E-state index in [1.165, 1.54) is 17.9 Å². The number of aromatic nitrogens is 2. The predicted molar refractivity (Wildman–Crippen MR) is 173 cm³/mol. The lowest BCUT2D eigenvalue weighted by Gasteiger charge is -2.28. The average molecular weight is 596 g/mol. The minimum atomic E-state index is -0.278. The number of anilines is 2. The van der Waals surface area contributed by atoms with Gasteiger partial charge in [-0.05, 0) is 79.5 Å². The Balaban J connectivity index is 1.48. The number of hydrogen-bond donors (Lipinski definition) is 2. The van der Waals surface area contributed by atoms with Crippen molar-refractivity contribution in [2.75, 3.05) is 23.9 Å². The molecular formula is C33H30ClN5O2S. The van der Waals surface area contributed by atoms with Gasteiger partial charge in [-0.25, -0.2) is 0 Å². The van der Waals surface area contributed by atoms with E-state index >= 15 is 0 Å². The first-order valence-electron chi connectivity index (χ1n) is 13.6. The Morgan fingerprint density at radius 3 is 2.60 bits per heavy atom. The number of methoxy groups -OCH3 is 1. The van der Waals surface area contributed by atoms with Crippen LogP contribution >= 0.6 is 23.8 Å². The van der Waals surface area contributed by atoms with Gasteiger partial charge in [0.2, 0.25) is 5.91 Å². The Hall–Kier alpha value is -4.24. The number of hydrogen-bond acceptors (Lipinski definition) is 4. The zero-order chi connectivity index (χ0) is 29.4. The number of thiocarbonyl (C=S) groups is 1. The van der Waals surface area contributed by atoms with Gasteiger partial charge in [0.25, 0.3) is 0 Å². The minimum Gasteiger partial charge on any atom is -0.375 e. The molecule has 1 aliphatic rings. The maximum absolute atomic E-state index is 12.1. The molecule has 0 aliphatic carbocycles. The van der Waals surface area contributed by atoms with E-state index < -0.39 is 0 Å². The molecule has 3 aromatic carbocycles. The lowest BCUT2D eigenvalue weighted by atomic mass is 9.96. The molecule has 3 heterocycles. The maximum atomic E-state index is 12.1. The molecule has 1 fully saturated rings. The van der Waals surface area contributed by atoms with Gasteiger partial charge in [-0.2, -0.15) is 0 Å². The van der Waals surface area contributed by atoms with Gasteiger partial charge >= 0.3 is 0 Å². The first kappa shape index (κ1) is 27.9. The van der Waals surface area contributed by atoms with Crippen LogP contribution < -0.4 is 15.5 Å². The lowest BCUT2D eigenvalue weighted by molar-refractivity contribution is -0.119. The molecular weight excluding hydrogens is 566 g/mol. The van der Waals surface area contributed by atoms with Crippen LogP contribution in [0.15, 0.2) is 91.1 Å². The van der Waals surface area contributed by atoms with Gasteiger partial charge in [-0.1, -0.05) is 54.1 Å². The second kappa shape index (κ2) is 11.6. The molecule has 1 aliphatic heterocycles. The van der Waals surface area contributed by atoms with Gasteiger partial charge in [-0.3, -0.25) is 9.78 Å². The summed E-state index contributed by atoms with van der Waals surface area (Å²) < 4.78 is 7.25. The first-order valence-corrected chi connectivity index (χ1v) is 14.4. The van der Waals surface area contributed by atoms with Crippen molar-refractivity contribution in [1.29, 1.82) is 0 Å². The predicted octanol–water partition coefficient (Wildman–Crippen LogP) is 7.06. The number of halogens is 1. The fourth-order valence-electron chi connectivity index (χ4n) is 5.88. The summed E-state index contributed by atoms with van der Waals surface area (Å²) in [5.74, 6) is -0.278. The zero-order valence-corrected chi connectivity index (χ0v) is 25.0. The van der Waals surface area contributed by atoms with E-state index in [-0.39, 0.29) is 24.6 Å². The Labute approximate surface area is 255 Å². The normalized spacial score (nSPS) is 16.6. The topological polar surface area (TPSA) is 71.4 Å². The third kappa shape index (κ3) is 5.02. The Morgan fingerprint density at radius 1 is 1.05 bits per heavy atom. The van der Waals surface area contributed by atoms with Gasteiger partial charge in [0, 0.05) is 35.8 Å². The van der Waals surface area contributed by atoms with Crippen LogP contribution in [0, 0.1) is 13.8 Å². The molecule has 2 atom stereocenters. The van der Waals surface area contributed by atoms with E-state index in [0.717, 1.165) is 34.0 Å². The molecule has 0 unspecified atom stereocenters. The molecule has 0 saturated carbocycles. The van der Waals surface area contributed by atoms with E-state index in [1.807, 2.05) is 30.3 Å². The summed E-state index contributed by atoms with van der Waals surface area (Å²) >= 11 is 12.6. The van der Waals surface area contributed by atoms with Crippen molar-refractivity contribution in [2.45, 2.75) is 25.9 Å². The Kier molecular flexibility index (Phi) is 7.68. The Morgan fingerprint density at radius 2 is 1.83 bits per heavy atom. The highest BCUT2D eigenvalue weighted by Gasteiger charge is 2.42. The summed E-state index contributed by atoms with van der Waals surface area (Å²) in [7, 11) is 1.47. The molecule has 0 spiro atoms. The SMILES string of the molecule is COCC(=O)Nc1ccc(N2C(=S)N[C@@H](c3ccccn3)[C@@H]2c2cc(C)n(-c3cccc4ccccc34)c2C)cc1Cl. The molecule has 9 heteroatoms. The summed E-state index contributed by atoms with van der Waals surface area (Å²) in [6, 6.07) is 28.1. The van der Waals surface area contributed by atoms with E-state index in [1.54, 1.807) is 12.3 Å². The van der Waals surface area contributed by atoms with Crippen LogP contribution in [0.5, 0.6) is 0 Å². The summed E-state index contributed by atoms with van der Waals surface area (Å²) in [6.07, 6.45) is 1.80. The number of fused-ring (bicyclic) bond motifs is 1. The second-order valence-corrected chi connectivity index (χ2v) is 11.1. The van der Waals surface area contributed by atoms with Gasteiger partial charge in [0.15, 0.2) is 5.11 Å². The largest absolute Gasteiger partial charge is 0.375 e. The number of carbonyl (C=O) groups excluding carboxylic acids is 1. The van der Waals surface area contributed by atoms with Crippen LogP contribution in [0.3, 0.4) is 0 Å². The Bertz CT molecular complexity index is 1800. The molecule has 2 N–H and O–H groups in total. The molecule has 5 aromatic rings. The zero-order valence-electron chi connectivity index (χ0n) is 23.5. The third-order valence-electron chi connectivity index (χ3n) is 7.67. The fraction of sp³-hybridized carbons (Fsp3) is 0.182. The number of carbonyl (C=O) groups is 1. The summed E-state index contributed by atoms with van der Waals surface area (Å²) in [6.45, 7) is 4.23. The van der Waals surface area contributed by atoms with E-state index in [9.17, 15) is 4.79 Å². The molecule has 212 valence electrons. The number of aryl methyl sites for hydroxylation is 1. The number of amides is 1. The summed E-state index contributed by atoms with van der Waals surface area (Å²) in [5, 5.41) is 9.67. The minimum absolute atomic E-state index is 0.0572. The van der Waals surface area contributed by atoms with Crippen molar-refractivity contribution in [2.24, 2.45) is 0 Å². The molecule has 1 saturated heterocycles. The second-order valence-electron chi connectivity index (χ2n) is 10.3. The van der Waals surface area contributed by atoms with Crippen molar-refractivity contribution in [3.05, 3.63) is 119 Å². The molecule has 0 bridgehead atoms. The van der Waals surface area contributed by atoms with E-state index in [4.69, 9.17) is 33.5 Å². The van der Waals surface area contributed by atoms with Crippen LogP contribution in [-0.2, 0) is 9.53 Å². The molecule has 1 amide bonds. The van der Waals surface area contributed by atoms with Crippen LogP contribution in [-0.4, -0.2) is 34.3 Å². The summed E-state index contributed by atoms with van der Waals surface area (Å²) in [4.78, 5) is 18.9. The van der Waals surface area contributed by atoms with Crippen molar-refractivity contribution in [3.8, 4) is 5.69 Å². The van der Waals surface area contributed by atoms with Gasteiger partial charge in [0.1, 0.15) is 6.61 Å². The van der Waals surface area contributed by atoms with Crippen molar-refractivity contribution < 1.29 is 9.53 Å². The highest BCUT2D eigenvalue weighted by atomic mass is 35.5. The lowest BCUT2D eigenvalue weighted by Crippen LogP contribution is -2.29. The van der Waals surface area contributed by atoms with E-state index in [0.29, 0.717) is 15.8 Å². The first-order chi connectivity index (χ1) is 20.4. The van der Waals surface area contributed by atoms with Crippen molar-refractivity contribution >= 4 is 57.0 Å². The van der Waals surface area contributed by atoms with Crippen LogP contribution in [0.4, 0.5) is 11.4 Å². The van der Waals surface area contributed by atoms with Gasteiger partial charge in [0.05, 0.1) is 34.2 Å². The number of nitrogens with one attached hydrogen (secondary N) is 2. The highest BCUT2D eigenvalue weighted by Crippen LogP contribution is 2.45. The quantitative estimate of drug-likeness (QED) is 0.196. The molecule has 6 rings (SSSR count). The van der Waals surface area contributed by atoms with Gasteiger partial charge in [-0.15, -0.1) is 0 Å². The maximum Gasteiger partial charge on any atom is 0.250 e. The fourth-order valence-corrected chi connectivity index (χ4v) is 6.45. The molecule has 2 aromatic heterocycles. The number of ether oxygens (including phenoxy) is 1. The molecule has 42 heavy (non-hydrogen) atoms. The van der Waals surface area contributed by atoms with Crippen LogP contribution in [0.1, 0.15) is 34.7 Å². The number of pyridine rings is 1. The monoisotopic (exact) mass is 595 g/mol. The van der Waals surface area contributed by atoms with Crippen LogP contribution in [0.2, 0.25) is 5.02 Å². The standard InChI is InChI=1S/C33H30ClN5O2S/c1-20-17-25(21(2)38(20)29-13-8-10-22-9-4-5-11-24(22)29)32-31(28-12-6-7-16-35-28)37-33(42)39(32)23-14-15-27(26(34)18-23)36-30(40)19-41-3/h4-18,31-32H,19H2,1-3H3,(H,36,40)(H,37,42)/t31-,32-/m0/s1. The smallest absolute Gasteiger partial charge is 0.250 e. The van der Waals surface area contributed by atoms with Gasteiger partial charge < -0.3 is 24.8 Å². The van der Waals surface area contributed by atoms with E-state index in [2.05, 4.69) is 82.5 Å². The number of benzene rings is 3. The third-order valence-corrected chi connectivity index (χ3v) is 8.30. The van der Waals surface area contributed by atoms with Crippen LogP contribution in [0.25, 0.3) is 16.5 Å². The number of rotatable bonds is 7. The van der Waals surface area contributed by atoms with Crippen molar-refractivity contribution in [1.82, 2.24) is 14.9 Å².